The topological polar surface area (TPSA) is 0 Å². The number of hydrogen-bond donors (Lipinski definition) is 0. The predicted molar refractivity (Wildman–Crippen MR) is 92.9 cm³/mol. The van der Waals surface area contributed by atoms with Crippen molar-refractivity contribution in [2.45, 2.75) is 90.4 Å². The van der Waals surface area contributed by atoms with Crippen LogP contribution in [0.4, 0.5) is 0 Å². The van der Waals surface area contributed by atoms with Crippen LogP contribution in [-0.4, -0.2) is 25.6 Å². The summed E-state index contributed by atoms with van der Waals surface area (Å²) in [6.07, 6.45) is 23.1. The van der Waals surface area contributed by atoms with Gasteiger partial charge < -0.3 is 16.9 Å². The zero-order chi connectivity index (χ0) is 15.1. The van der Waals surface area contributed by atoms with Crippen LogP contribution < -0.4 is 12.4 Å². The summed E-state index contributed by atoms with van der Waals surface area (Å²) in [5, 5.41) is 0. The standard InChI is InChI=1S/C19H40N.ClH/c1-5-6-7-8-9-10-11-12-13-14-15-16-17-18-19-20(2,3)4;/h18-19H,5-17H2,1-4H3;1H/q+1;/p-1. The lowest BCUT2D eigenvalue weighted by molar-refractivity contribution is -0.817. The first-order valence-electron chi connectivity index (χ1n) is 9.05. The molecule has 0 fully saturated rings. The molecule has 0 unspecified atom stereocenters. The SMILES string of the molecule is CCCCCCCCCCCCCCC=C[N+](C)(C)C.[Cl-]. The lowest BCUT2D eigenvalue weighted by atomic mass is 10.0. The van der Waals surface area contributed by atoms with Crippen LogP contribution in [0.15, 0.2) is 12.3 Å². The summed E-state index contributed by atoms with van der Waals surface area (Å²) >= 11 is 0. The molecule has 0 heterocycles. The van der Waals surface area contributed by atoms with Crippen molar-refractivity contribution >= 4 is 0 Å². The molecule has 0 radical (unpaired) electrons. The van der Waals surface area contributed by atoms with Crippen molar-refractivity contribution in [3.8, 4) is 0 Å². The van der Waals surface area contributed by atoms with Gasteiger partial charge in [0, 0.05) is 0 Å². The van der Waals surface area contributed by atoms with E-state index in [0.717, 1.165) is 4.48 Å². The number of rotatable bonds is 14. The summed E-state index contributed by atoms with van der Waals surface area (Å²) in [7, 11) is 6.62. The first-order valence-corrected chi connectivity index (χ1v) is 9.05. The fourth-order valence-electron chi connectivity index (χ4n) is 2.49. The molecule has 128 valence electrons. The highest BCUT2D eigenvalue weighted by Crippen LogP contribution is 2.12. The maximum Gasteiger partial charge on any atom is 0.0911 e. The van der Waals surface area contributed by atoms with E-state index in [-0.39, 0.29) is 12.4 Å². The lowest BCUT2D eigenvalue weighted by Crippen LogP contribution is -3.00. The van der Waals surface area contributed by atoms with Crippen molar-refractivity contribution in [1.29, 1.82) is 0 Å². The third-order valence-corrected chi connectivity index (χ3v) is 3.78. The summed E-state index contributed by atoms with van der Waals surface area (Å²) in [6, 6.07) is 0. The van der Waals surface area contributed by atoms with E-state index in [1.165, 1.54) is 83.5 Å². The molecule has 0 saturated carbocycles. The molecule has 21 heavy (non-hydrogen) atoms. The van der Waals surface area contributed by atoms with Gasteiger partial charge in [-0.05, 0) is 18.9 Å². The fourth-order valence-corrected chi connectivity index (χ4v) is 2.49. The van der Waals surface area contributed by atoms with Crippen molar-refractivity contribution < 1.29 is 16.9 Å². The Kier molecular flexibility index (Phi) is 18.1. The zero-order valence-electron chi connectivity index (χ0n) is 15.2. The monoisotopic (exact) mass is 317 g/mol. The van der Waals surface area contributed by atoms with Gasteiger partial charge in [-0.2, -0.15) is 0 Å². The molecule has 0 aliphatic heterocycles. The van der Waals surface area contributed by atoms with Crippen LogP contribution in [0, 0.1) is 0 Å². The third-order valence-electron chi connectivity index (χ3n) is 3.78. The highest BCUT2D eigenvalue weighted by atomic mass is 35.5. The lowest BCUT2D eigenvalue weighted by Gasteiger charge is -2.17. The van der Waals surface area contributed by atoms with Crippen molar-refractivity contribution in [2.24, 2.45) is 0 Å². The molecule has 0 atom stereocenters. The third kappa shape index (κ3) is 22.4. The van der Waals surface area contributed by atoms with Crippen molar-refractivity contribution in [3.05, 3.63) is 12.3 Å². The molecule has 0 N–H and O–H groups in total. The minimum Gasteiger partial charge on any atom is -1.00 e. The molecule has 0 bridgehead atoms. The van der Waals surface area contributed by atoms with Gasteiger partial charge in [-0.3, -0.25) is 0 Å². The first-order chi connectivity index (χ1) is 9.56. The highest BCUT2D eigenvalue weighted by Gasteiger charge is 1.98. The van der Waals surface area contributed by atoms with Crippen molar-refractivity contribution in [1.82, 2.24) is 0 Å². The van der Waals surface area contributed by atoms with E-state index in [0.29, 0.717) is 0 Å². The smallest absolute Gasteiger partial charge is 0.0911 e. The molecule has 0 aromatic rings. The van der Waals surface area contributed by atoms with Crippen LogP contribution in [0.5, 0.6) is 0 Å². The van der Waals surface area contributed by atoms with Crippen LogP contribution in [-0.2, 0) is 0 Å². The molecule has 0 aromatic heterocycles. The Hall–Kier alpha value is -0.0100. The second kappa shape index (κ2) is 16.4. The molecule has 0 amide bonds. The molecular weight excluding hydrogens is 278 g/mol. The molecular formula is C19H40ClN. The average Bonchev–Trinajstić information content (AvgIpc) is 2.38. The molecule has 0 saturated heterocycles. The van der Waals surface area contributed by atoms with Gasteiger partial charge in [-0.1, -0.05) is 77.6 Å². The van der Waals surface area contributed by atoms with Crippen LogP contribution in [0.3, 0.4) is 0 Å². The number of unbranched alkanes of at least 4 members (excludes halogenated alkanes) is 12. The van der Waals surface area contributed by atoms with Crippen LogP contribution >= 0.6 is 0 Å². The average molecular weight is 318 g/mol. The van der Waals surface area contributed by atoms with E-state index in [1.807, 2.05) is 0 Å². The largest absolute Gasteiger partial charge is 1.00 e. The number of nitrogens with zero attached hydrogens (tertiary/aromatic N) is 1. The molecule has 0 spiro atoms. The second-order valence-corrected chi connectivity index (χ2v) is 7.18. The van der Waals surface area contributed by atoms with Crippen LogP contribution in [0.1, 0.15) is 90.4 Å². The quantitative estimate of drug-likeness (QED) is 0.341. The van der Waals surface area contributed by atoms with Crippen molar-refractivity contribution in [3.63, 3.8) is 0 Å². The van der Waals surface area contributed by atoms with E-state index < -0.39 is 0 Å². The van der Waals surface area contributed by atoms with Crippen LogP contribution in [0.25, 0.3) is 0 Å². The molecule has 0 aromatic carbocycles. The Morgan fingerprint density at radius 2 is 1.00 bits per heavy atom. The van der Waals surface area contributed by atoms with E-state index in [2.05, 4.69) is 40.3 Å². The Morgan fingerprint density at radius 3 is 1.38 bits per heavy atom. The Bertz CT molecular complexity index is 218. The Balaban J connectivity index is 0. The van der Waals surface area contributed by atoms with Gasteiger partial charge in [-0.15, -0.1) is 0 Å². The van der Waals surface area contributed by atoms with E-state index in [4.69, 9.17) is 0 Å². The van der Waals surface area contributed by atoms with E-state index in [9.17, 15) is 0 Å². The zero-order valence-corrected chi connectivity index (χ0v) is 15.9. The van der Waals surface area contributed by atoms with Gasteiger partial charge in [0.1, 0.15) is 0 Å². The van der Waals surface area contributed by atoms with Gasteiger partial charge >= 0.3 is 0 Å². The summed E-state index contributed by atoms with van der Waals surface area (Å²) in [5.41, 5.74) is 0. The maximum absolute atomic E-state index is 2.34. The van der Waals surface area contributed by atoms with E-state index in [1.54, 1.807) is 0 Å². The Labute approximate surface area is 141 Å². The highest BCUT2D eigenvalue weighted by molar-refractivity contribution is 4.72. The van der Waals surface area contributed by atoms with Gasteiger partial charge in [0.05, 0.1) is 27.3 Å². The van der Waals surface area contributed by atoms with Gasteiger partial charge in [0.2, 0.25) is 0 Å². The summed E-state index contributed by atoms with van der Waals surface area (Å²) in [6.45, 7) is 2.29. The number of halogens is 1. The molecule has 0 aliphatic carbocycles. The van der Waals surface area contributed by atoms with E-state index >= 15 is 0 Å². The van der Waals surface area contributed by atoms with Gasteiger partial charge in [0.25, 0.3) is 0 Å². The normalized spacial score (nSPS) is 11.8. The molecule has 0 rings (SSSR count). The first kappa shape index (κ1) is 23.3. The predicted octanol–water partition coefficient (Wildman–Crippen LogP) is 3.30. The molecule has 1 nitrogen and oxygen atoms in total. The fraction of sp³-hybridized carbons (Fsp3) is 0.895. The summed E-state index contributed by atoms with van der Waals surface area (Å²) < 4.78 is 0.943. The van der Waals surface area contributed by atoms with Gasteiger partial charge in [0.15, 0.2) is 0 Å². The van der Waals surface area contributed by atoms with Crippen LogP contribution in [0.2, 0.25) is 0 Å². The number of hydrogen-bond acceptors (Lipinski definition) is 0. The number of quaternary nitrogens is 1. The second-order valence-electron chi connectivity index (χ2n) is 7.18. The minimum atomic E-state index is 0. The molecule has 0 aliphatic rings. The Morgan fingerprint density at radius 1 is 0.619 bits per heavy atom. The van der Waals surface area contributed by atoms with Crippen molar-refractivity contribution in [2.75, 3.05) is 21.1 Å². The summed E-state index contributed by atoms with van der Waals surface area (Å²) in [5.74, 6) is 0. The molecule has 2 heteroatoms. The number of allylic oxidation sites excluding steroid dienone is 1. The minimum absolute atomic E-state index is 0. The van der Waals surface area contributed by atoms with Gasteiger partial charge in [-0.25, -0.2) is 0 Å². The maximum atomic E-state index is 2.34. The summed E-state index contributed by atoms with van der Waals surface area (Å²) in [4.78, 5) is 0.